The molecule has 520 valence electrons. The Morgan fingerprint density at radius 2 is 0.791 bits per heavy atom. The zero-order chi connectivity index (χ0) is 66.0. The summed E-state index contributed by atoms with van der Waals surface area (Å²) in [6.07, 6.45) is 83.4. The number of rotatable bonds is 62. The monoisotopic (exact) mass is 1270 g/mol. The van der Waals surface area contributed by atoms with E-state index in [0.29, 0.717) is 12.8 Å². The maximum Gasteiger partial charge on any atom is 0.306 e. The smallest absolute Gasteiger partial charge is 0.306 e. The molecule has 0 aromatic heterocycles. The van der Waals surface area contributed by atoms with E-state index >= 15 is 0 Å². The average Bonchev–Trinajstić information content (AvgIpc) is 0.969. The number of hydrogen-bond acceptors (Lipinski definition) is 10. The molecular weight excluding hydrogens is 1130 g/mol. The van der Waals surface area contributed by atoms with Crippen LogP contribution in [0.5, 0.6) is 0 Å². The lowest BCUT2D eigenvalue weighted by Gasteiger charge is -2.41. The van der Waals surface area contributed by atoms with Crippen molar-refractivity contribution in [3.8, 4) is 0 Å². The lowest BCUT2D eigenvalue weighted by atomic mass is 9.99. The molecular formula is C80H135NO10. The molecule has 0 saturated carbocycles. The third-order valence-corrected chi connectivity index (χ3v) is 16.5. The zero-order valence-corrected chi connectivity index (χ0v) is 57.9. The van der Waals surface area contributed by atoms with E-state index in [1.807, 2.05) is 6.08 Å². The van der Waals surface area contributed by atoms with Crippen LogP contribution in [0.3, 0.4) is 0 Å². The van der Waals surface area contributed by atoms with Crippen molar-refractivity contribution in [1.29, 1.82) is 0 Å². The topological polar surface area (TPSA) is 175 Å². The van der Waals surface area contributed by atoms with Gasteiger partial charge in [-0.3, -0.25) is 9.59 Å². The molecule has 1 saturated heterocycles. The van der Waals surface area contributed by atoms with Gasteiger partial charge in [0.2, 0.25) is 5.91 Å². The van der Waals surface area contributed by atoms with Crippen LogP contribution in [0.25, 0.3) is 0 Å². The van der Waals surface area contributed by atoms with Gasteiger partial charge in [-0.25, -0.2) is 0 Å². The summed E-state index contributed by atoms with van der Waals surface area (Å²) in [6, 6.07) is -1.04. The van der Waals surface area contributed by atoms with Crippen molar-refractivity contribution in [2.24, 2.45) is 0 Å². The number of ether oxygens (including phenoxy) is 3. The van der Waals surface area contributed by atoms with Crippen molar-refractivity contribution in [3.63, 3.8) is 0 Å². The summed E-state index contributed by atoms with van der Waals surface area (Å²) in [5, 5.41) is 57.4. The van der Waals surface area contributed by atoms with E-state index in [0.717, 1.165) is 154 Å². The van der Waals surface area contributed by atoms with Crippen molar-refractivity contribution in [2.45, 2.75) is 346 Å². The Bertz CT molecular complexity index is 2000. The van der Waals surface area contributed by atoms with Crippen molar-refractivity contribution in [1.82, 2.24) is 5.32 Å². The molecule has 0 spiro atoms. The maximum atomic E-state index is 13.5. The molecule has 11 nitrogen and oxygen atoms in total. The van der Waals surface area contributed by atoms with Crippen LogP contribution in [-0.2, 0) is 23.8 Å². The van der Waals surface area contributed by atoms with Gasteiger partial charge in [-0.1, -0.05) is 309 Å². The van der Waals surface area contributed by atoms with Gasteiger partial charge in [0.25, 0.3) is 0 Å². The second-order valence-corrected chi connectivity index (χ2v) is 24.9. The van der Waals surface area contributed by atoms with Gasteiger partial charge in [0.1, 0.15) is 24.4 Å². The highest BCUT2D eigenvalue weighted by atomic mass is 16.7. The normalized spacial score (nSPS) is 18.8. The Kier molecular flexibility index (Phi) is 61.4. The molecule has 1 rings (SSSR count). The molecule has 0 radical (unpaired) electrons. The fourth-order valence-corrected chi connectivity index (χ4v) is 10.8. The van der Waals surface area contributed by atoms with Crippen molar-refractivity contribution in [3.05, 3.63) is 134 Å². The Morgan fingerprint density at radius 3 is 1.19 bits per heavy atom. The van der Waals surface area contributed by atoms with Crippen LogP contribution in [0.1, 0.15) is 297 Å². The lowest BCUT2D eigenvalue weighted by molar-refractivity contribution is -0.305. The van der Waals surface area contributed by atoms with E-state index in [4.69, 9.17) is 14.2 Å². The molecule has 6 N–H and O–H groups in total. The minimum absolute atomic E-state index is 0.104. The van der Waals surface area contributed by atoms with E-state index in [1.165, 1.54) is 96.3 Å². The SMILES string of the molecule is CC/C=C\C/C=C\C/C=C\C/C=C\C/C=C\CCCCCCCCCCCCC(O)C(=O)NC(COC1OC(CO)C(O)C(O)C1OC(=O)CCCCCCCCC/C=C\C/C=C\C/C=C\C/C=C\C/C=C\CC)C(O)/C=C/CCCCCCCCCCCCC. The highest BCUT2D eigenvalue weighted by Crippen LogP contribution is 2.26. The lowest BCUT2D eigenvalue weighted by Crippen LogP contribution is -2.61. The number of aliphatic hydroxyl groups excluding tert-OH is 5. The Labute approximate surface area is 556 Å². The van der Waals surface area contributed by atoms with Crippen molar-refractivity contribution < 1.29 is 49.3 Å². The largest absolute Gasteiger partial charge is 0.454 e. The van der Waals surface area contributed by atoms with Gasteiger partial charge < -0.3 is 45.1 Å². The average molecular weight is 1270 g/mol. The number of allylic oxidation sites excluding steroid dienone is 21. The molecule has 8 unspecified atom stereocenters. The first kappa shape index (κ1) is 84.8. The standard InChI is InChI=1S/C80H135NO10/c1-4-7-10-13-16-19-22-25-27-29-31-33-35-36-37-39-40-42-44-46-49-52-55-58-61-64-67-73(84)79(88)81-71(72(83)66-63-60-57-54-51-48-24-21-18-15-12-9-6-3)70-89-80-78(77(87)76(86)74(69-82)90-80)91-75(85)68-65-62-59-56-53-50-47-45-43-41-38-34-32-30-28-26-23-20-17-14-11-8-5-2/h7-8,10-11,16-17,19-20,25-28,31-34,36-37,41,43,63,66,71-74,76-78,80,82-84,86-87H,4-6,9,12-15,18,21-24,29-30,35,38-40,42,44-62,64-65,67-70H2,1-3H3,(H,81,88)/b10-7-,11-8-,19-16-,20-17-,27-25-,28-26-,33-31-,34-32-,37-36-,43-41-,66-63+. The van der Waals surface area contributed by atoms with Gasteiger partial charge >= 0.3 is 5.97 Å². The van der Waals surface area contributed by atoms with Gasteiger partial charge in [0, 0.05) is 6.42 Å². The molecule has 0 aliphatic carbocycles. The number of aliphatic hydroxyl groups is 5. The Balaban J connectivity index is 2.59. The Hall–Kier alpha value is -4.20. The van der Waals surface area contributed by atoms with E-state index in [-0.39, 0.29) is 19.4 Å². The summed E-state index contributed by atoms with van der Waals surface area (Å²) in [5.41, 5.74) is 0. The molecule has 1 amide bonds. The molecule has 0 bridgehead atoms. The predicted octanol–water partition coefficient (Wildman–Crippen LogP) is 19.5. The number of nitrogens with one attached hydrogen (secondary N) is 1. The van der Waals surface area contributed by atoms with Crippen molar-refractivity contribution in [2.75, 3.05) is 13.2 Å². The second kappa shape index (κ2) is 65.8. The van der Waals surface area contributed by atoms with Gasteiger partial charge in [-0.05, 0) is 116 Å². The third kappa shape index (κ3) is 52.8. The fourth-order valence-electron chi connectivity index (χ4n) is 10.8. The fraction of sp³-hybridized carbons (Fsp3) is 0.700. The first-order valence-corrected chi connectivity index (χ1v) is 37.0. The number of carbonyl (C=O) groups excluding carboxylic acids is 2. The Morgan fingerprint density at radius 1 is 0.440 bits per heavy atom. The van der Waals surface area contributed by atoms with E-state index in [9.17, 15) is 35.1 Å². The minimum atomic E-state index is -1.63. The summed E-state index contributed by atoms with van der Waals surface area (Å²) in [4.78, 5) is 26.7. The van der Waals surface area contributed by atoms with Crippen LogP contribution in [-0.4, -0.2) is 99.6 Å². The molecule has 11 heteroatoms. The third-order valence-electron chi connectivity index (χ3n) is 16.5. The van der Waals surface area contributed by atoms with Gasteiger partial charge in [0.05, 0.1) is 25.4 Å². The molecule has 0 aromatic carbocycles. The van der Waals surface area contributed by atoms with Crippen LogP contribution in [0.4, 0.5) is 0 Å². The molecule has 91 heavy (non-hydrogen) atoms. The van der Waals surface area contributed by atoms with Crippen LogP contribution < -0.4 is 5.32 Å². The van der Waals surface area contributed by atoms with Crippen LogP contribution in [0.2, 0.25) is 0 Å². The summed E-state index contributed by atoms with van der Waals surface area (Å²) in [6.45, 7) is 5.58. The zero-order valence-electron chi connectivity index (χ0n) is 57.9. The highest BCUT2D eigenvalue weighted by Gasteiger charge is 2.47. The van der Waals surface area contributed by atoms with Crippen LogP contribution in [0.15, 0.2) is 134 Å². The van der Waals surface area contributed by atoms with E-state index < -0.39 is 67.4 Å². The molecule has 1 fully saturated rings. The van der Waals surface area contributed by atoms with Crippen LogP contribution in [0, 0.1) is 0 Å². The number of hydrogen-bond donors (Lipinski definition) is 6. The van der Waals surface area contributed by atoms with E-state index in [2.05, 4.69) is 148 Å². The van der Waals surface area contributed by atoms with E-state index in [1.54, 1.807) is 6.08 Å². The first-order chi connectivity index (χ1) is 44.7. The molecule has 8 atom stereocenters. The first-order valence-electron chi connectivity index (χ1n) is 37.0. The quantitative estimate of drug-likeness (QED) is 0.0195. The minimum Gasteiger partial charge on any atom is -0.454 e. The highest BCUT2D eigenvalue weighted by molar-refractivity contribution is 5.80. The predicted molar refractivity (Wildman–Crippen MR) is 384 cm³/mol. The van der Waals surface area contributed by atoms with Gasteiger partial charge in [0.15, 0.2) is 12.4 Å². The summed E-state index contributed by atoms with van der Waals surface area (Å²) in [5.74, 6) is -1.21. The van der Waals surface area contributed by atoms with Crippen molar-refractivity contribution >= 4 is 11.9 Å². The number of amides is 1. The van der Waals surface area contributed by atoms with Crippen LogP contribution >= 0.6 is 0 Å². The summed E-state index contributed by atoms with van der Waals surface area (Å²) < 4.78 is 17.7. The second-order valence-electron chi connectivity index (χ2n) is 24.9. The molecule has 1 heterocycles. The summed E-state index contributed by atoms with van der Waals surface area (Å²) >= 11 is 0. The maximum absolute atomic E-state index is 13.5. The molecule has 1 aliphatic rings. The van der Waals surface area contributed by atoms with Gasteiger partial charge in [-0.15, -0.1) is 0 Å². The number of carbonyl (C=O) groups is 2. The number of esters is 1. The number of unbranched alkanes of at least 4 members (excludes halogenated alkanes) is 28. The molecule has 0 aromatic rings. The molecule has 1 aliphatic heterocycles. The summed E-state index contributed by atoms with van der Waals surface area (Å²) in [7, 11) is 0. The van der Waals surface area contributed by atoms with Gasteiger partial charge in [-0.2, -0.15) is 0 Å².